The van der Waals surface area contributed by atoms with Crippen molar-refractivity contribution < 1.29 is 8.42 Å². The first-order valence-electron chi connectivity index (χ1n) is 8.58. The maximum atomic E-state index is 11.4. The van der Waals surface area contributed by atoms with Crippen molar-refractivity contribution in [3.05, 3.63) is 65.9 Å². The molecule has 0 saturated heterocycles. The molecule has 0 bridgehead atoms. The van der Waals surface area contributed by atoms with E-state index in [1.165, 1.54) is 17.0 Å². The number of nitrogens with one attached hydrogen (secondary N) is 3. The van der Waals surface area contributed by atoms with Crippen LogP contribution in [0.3, 0.4) is 0 Å². The van der Waals surface area contributed by atoms with Gasteiger partial charge < -0.3 is 15.6 Å². The number of nitrogens with two attached hydrogens (primary N) is 1. The van der Waals surface area contributed by atoms with Crippen molar-refractivity contribution in [2.75, 3.05) is 13.6 Å². The number of para-hydroxylation sites is 1. The van der Waals surface area contributed by atoms with Gasteiger partial charge in [0.1, 0.15) is 0 Å². The van der Waals surface area contributed by atoms with Gasteiger partial charge in [-0.2, -0.15) is 0 Å². The van der Waals surface area contributed by atoms with Gasteiger partial charge >= 0.3 is 0 Å². The summed E-state index contributed by atoms with van der Waals surface area (Å²) in [5.74, 6) is 0.649. The molecule has 1 aromatic heterocycles. The number of hydrogen-bond donors (Lipinski definition) is 4. The van der Waals surface area contributed by atoms with E-state index in [4.69, 9.17) is 5.14 Å². The number of aromatic amines is 1. The van der Waals surface area contributed by atoms with Crippen LogP contribution in [0.1, 0.15) is 11.1 Å². The van der Waals surface area contributed by atoms with Crippen molar-refractivity contribution >= 4 is 26.9 Å². The van der Waals surface area contributed by atoms with Gasteiger partial charge in [-0.3, -0.25) is 4.99 Å². The number of hydrogen-bond acceptors (Lipinski definition) is 3. The molecule has 0 aliphatic rings. The van der Waals surface area contributed by atoms with Crippen LogP contribution in [-0.4, -0.2) is 33.0 Å². The Kier molecular flexibility index (Phi) is 5.78. The van der Waals surface area contributed by atoms with Gasteiger partial charge in [-0.1, -0.05) is 30.3 Å². The van der Waals surface area contributed by atoms with Crippen LogP contribution in [0.4, 0.5) is 0 Å². The molecule has 8 heteroatoms. The van der Waals surface area contributed by atoms with Crippen molar-refractivity contribution in [1.82, 2.24) is 15.6 Å². The minimum atomic E-state index is -3.70. The first-order valence-corrected chi connectivity index (χ1v) is 10.1. The standard InChI is InChI=1S/C19H23N5O2S/c1-21-19(24-12-14-5-4-6-16(11-14)27(20,25)26)22-10-9-15-13-23-18-8-3-2-7-17(15)18/h2-8,11,13,23H,9-10,12H2,1H3,(H2,20,25,26)(H2,21,22,24). The van der Waals surface area contributed by atoms with Gasteiger partial charge in [-0.15, -0.1) is 0 Å². The van der Waals surface area contributed by atoms with Crippen LogP contribution in [0, 0.1) is 0 Å². The van der Waals surface area contributed by atoms with E-state index in [9.17, 15) is 8.42 Å². The Labute approximate surface area is 158 Å². The highest BCUT2D eigenvalue weighted by Gasteiger charge is 2.08. The van der Waals surface area contributed by atoms with E-state index in [1.54, 1.807) is 19.2 Å². The Balaban J connectivity index is 1.54. The molecule has 0 unspecified atom stereocenters. The Bertz CT molecular complexity index is 1060. The SMILES string of the molecule is CN=C(NCCc1c[nH]c2ccccc12)NCc1cccc(S(N)(=O)=O)c1. The van der Waals surface area contributed by atoms with Crippen LogP contribution in [0.2, 0.25) is 0 Å². The molecule has 5 N–H and O–H groups in total. The number of primary sulfonamides is 1. The summed E-state index contributed by atoms with van der Waals surface area (Å²) in [5, 5.41) is 12.8. The summed E-state index contributed by atoms with van der Waals surface area (Å²) < 4.78 is 22.9. The van der Waals surface area contributed by atoms with Crippen LogP contribution in [-0.2, 0) is 23.0 Å². The summed E-state index contributed by atoms with van der Waals surface area (Å²) in [6.07, 6.45) is 2.88. The minimum Gasteiger partial charge on any atom is -0.361 e. The van der Waals surface area contributed by atoms with Crippen LogP contribution in [0.25, 0.3) is 10.9 Å². The van der Waals surface area contributed by atoms with Gasteiger partial charge in [0, 0.05) is 37.2 Å². The van der Waals surface area contributed by atoms with Crippen molar-refractivity contribution in [3.8, 4) is 0 Å². The maximum Gasteiger partial charge on any atom is 0.238 e. The van der Waals surface area contributed by atoms with E-state index in [1.807, 2.05) is 24.4 Å². The van der Waals surface area contributed by atoms with Gasteiger partial charge in [0.2, 0.25) is 10.0 Å². The lowest BCUT2D eigenvalue weighted by atomic mass is 10.1. The molecular weight excluding hydrogens is 362 g/mol. The monoisotopic (exact) mass is 385 g/mol. The fourth-order valence-electron chi connectivity index (χ4n) is 2.89. The number of aliphatic imine (C=N–C) groups is 1. The number of sulfonamides is 1. The van der Waals surface area contributed by atoms with Gasteiger partial charge in [0.05, 0.1) is 4.90 Å². The van der Waals surface area contributed by atoms with E-state index in [-0.39, 0.29) is 4.90 Å². The highest BCUT2D eigenvalue weighted by Crippen LogP contribution is 2.17. The molecule has 1 heterocycles. The summed E-state index contributed by atoms with van der Waals surface area (Å²) >= 11 is 0. The number of H-pyrrole nitrogens is 1. The Morgan fingerprint density at radius 2 is 1.96 bits per heavy atom. The molecule has 0 radical (unpaired) electrons. The number of nitrogens with zero attached hydrogens (tertiary/aromatic N) is 1. The van der Waals surface area contributed by atoms with E-state index in [0.29, 0.717) is 12.5 Å². The molecule has 0 aliphatic heterocycles. The van der Waals surface area contributed by atoms with Crippen molar-refractivity contribution in [2.24, 2.45) is 10.1 Å². The molecule has 0 saturated carbocycles. The second-order valence-electron chi connectivity index (χ2n) is 6.15. The quantitative estimate of drug-likeness (QED) is 0.382. The predicted molar refractivity (Wildman–Crippen MR) is 108 cm³/mol. The lowest BCUT2D eigenvalue weighted by Gasteiger charge is -2.12. The topological polar surface area (TPSA) is 112 Å². The van der Waals surface area contributed by atoms with Crippen LogP contribution in [0.5, 0.6) is 0 Å². The third-order valence-electron chi connectivity index (χ3n) is 4.27. The fourth-order valence-corrected chi connectivity index (χ4v) is 3.48. The largest absolute Gasteiger partial charge is 0.361 e. The van der Waals surface area contributed by atoms with Gasteiger partial charge in [-0.05, 0) is 35.7 Å². The first-order chi connectivity index (χ1) is 13.0. The number of benzene rings is 2. The summed E-state index contributed by atoms with van der Waals surface area (Å²) in [7, 11) is -2.01. The Morgan fingerprint density at radius 3 is 2.74 bits per heavy atom. The molecule has 7 nitrogen and oxygen atoms in total. The third-order valence-corrected chi connectivity index (χ3v) is 5.18. The van der Waals surface area contributed by atoms with Crippen LogP contribution >= 0.6 is 0 Å². The lowest BCUT2D eigenvalue weighted by Crippen LogP contribution is -2.37. The van der Waals surface area contributed by atoms with Crippen molar-refractivity contribution in [1.29, 1.82) is 0 Å². The number of fused-ring (bicyclic) bond motifs is 1. The molecule has 0 fully saturated rings. The smallest absolute Gasteiger partial charge is 0.238 e. The zero-order chi connectivity index (χ0) is 19.3. The van der Waals surface area contributed by atoms with E-state index in [0.717, 1.165) is 24.0 Å². The number of rotatable bonds is 6. The average Bonchev–Trinajstić information content (AvgIpc) is 3.07. The normalized spacial score (nSPS) is 12.3. The van der Waals surface area contributed by atoms with Crippen molar-refractivity contribution in [2.45, 2.75) is 17.9 Å². The van der Waals surface area contributed by atoms with Crippen LogP contribution in [0.15, 0.2) is 64.6 Å². The minimum absolute atomic E-state index is 0.101. The second-order valence-corrected chi connectivity index (χ2v) is 7.72. The number of aromatic nitrogens is 1. The van der Waals surface area contributed by atoms with E-state index >= 15 is 0 Å². The fraction of sp³-hybridized carbons (Fsp3) is 0.211. The van der Waals surface area contributed by atoms with E-state index in [2.05, 4.69) is 32.7 Å². The Morgan fingerprint density at radius 1 is 1.15 bits per heavy atom. The molecule has 3 rings (SSSR count). The van der Waals surface area contributed by atoms with E-state index < -0.39 is 10.0 Å². The molecule has 27 heavy (non-hydrogen) atoms. The van der Waals surface area contributed by atoms with Crippen LogP contribution < -0.4 is 15.8 Å². The molecule has 0 aliphatic carbocycles. The zero-order valence-electron chi connectivity index (χ0n) is 15.1. The summed E-state index contributed by atoms with van der Waals surface area (Å²) in [6, 6.07) is 14.7. The predicted octanol–water partition coefficient (Wildman–Crippen LogP) is 1.72. The summed E-state index contributed by atoms with van der Waals surface area (Å²) in [6.45, 7) is 1.16. The van der Waals surface area contributed by atoms with Gasteiger partial charge in [0.25, 0.3) is 0 Å². The molecule has 2 aromatic carbocycles. The molecule has 0 spiro atoms. The molecule has 142 valence electrons. The van der Waals surface area contributed by atoms with Crippen molar-refractivity contribution in [3.63, 3.8) is 0 Å². The zero-order valence-corrected chi connectivity index (χ0v) is 15.9. The van der Waals surface area contributed by atoms with Gasteiger partial charge in [0.15, 0.2) is 5.96 Å². The third kappa shape index (κ3) is 4.87. The van der Waals surface area contributed by atoms with Gasteiger partial charge in [-0.25, -0.2) is 13.6 Å². The molecule has 0 atom stereocenters. The molecule has 0 amide bonds. The Hall–Kier alpha value is -2.84. The average molecular weight is 385 g/mol. The summed E-state index contributed by atoms with van der Waals surface area (Å²) in [5.41, 5.74) is 3.18. The summed E-state index contributed by atoms with van der Waals surface area (Å²) in [4.78, 5) is 7.57. The second kappa shape index (κ2) is 8.24. The highest BCUT2D eigenvalue weighted by atomic mass is 32.2. The maximum absolute atomic E-state index is 11.4. The lowest BCUT2D eigenvalue weighted by molar-refractivity contribution is 0.597. The first kappa shape index (κ1) is 18.9. The number of guanidine groups is 1. The molecular formula is C19H23N5O2S. The highest BCUT2D eigenvalue weighted by molar-refractivity contribution is 7.89. The molecule has 3 aromatic rings.